The van der Waals surface area contributed by atoms with E-state index in [2.05, 4.69) is 12.7 Å². The molecule has 3 rings (SSSR count). The fourth-order valence-corrected chi connectivity index (χ4v) is 5.46. The van der Waals surface area contributed by atoms with Crippen LogP contribution >= 0.6 is 0 Å². The van der Waals surface area contributed by atoms with Crippen molar-refractivity contribution in [1.29, 1.82) is 0 Å². The van der Waals surface area contributed by atoms with Crippen molar-refractivity contribution >= 4 is 0 Å². The van der Waals surface area contributed by atoms with Gasteiger partial charge in [-0.1, -0.05) is 44.6 Å². The number of rotatable bonds is 4. The Kier molecular flexibility index (Phi) is 5.24. The molecule has 0 heteroatoms. The maximum Gasteiger partial charge on any atom is -0.0236 e. The molecular weight excluding hydrogens is 240 g/mol. The van der Waals surface area contributed by atoms with E-state index in [1.54, 1.807) is 44.9 Å². The van der Waals surface area contributed by atoms with Gasteiger partial charge in [-0.25, -0.2) is 0 Å². The Morgan fingerprint density at radius 1 is 0.650 bits per heavy atom. The first-order valence-electron chi connectivity index (χ1n) is 9.47. The summed E-state index contributed by atoms with van der Waals surface area (Å²) in [4.78, 5) is 0. The van der Waals surface area contributed by atoms with Crippen LogP contribution in [0.4, 0.5) is 0 Å². The lowest BCUT2D eigenvalue weighted by molar-refractivity contribution is 0.145. The lowest BCUT2D eigenvalue weighted by Crippen LogP contribution is -2.26. The van der Waals surface area contributed by atoms with Crippen LogP contribution in [0.1, 0.15) is 83.5 Å². The summed E-state index contributed by atoms with van der Waals surface area (Å²) in [5.74, 6) is 5.20. The summed E-state index contributed by atoms with van der Waals surface area (Å²) in [5.41, 5.74) is 0. The van der Waals surface area contributed by atoms with E-state index in [0.29, 0.717) is 0 Å². The SMILES string of the molecule is C=CC1CCC(C2CCC(CC3CCCC3)CC2)CC1. The molecule has 0 saturated heterocycles. The lowest BCUT2D eigenvalue weighted by atomic mass is 9.68. The zero-order chi connectivity index (χ0) is 13.8. The number of allylic oxidation sites excluding steroid dienone is 1. The van der Waals surface area contributed by atoms with Gasteiger partial charge in [0, 0.05) is 0 Å². The third kappa shape index (κ3) is 3.68. The lowest BCUT2D eigenvalue weighted by Gasteiger charge is -2.38. The van der Waals surface area contributed by atoms with Crippen LogP contribution in [-0.4, -0.2) is 0 Å². The van der Waals surface area contributed by atoms with Crippen LogP contribution < -0.4 is 0 Å². The van der Waals surface area contributed by atoms with Crippen LogP contribution in [0.3, 0.4) is 0 Å². The molecule has 0 aromatic rings. The molecule has 0 aliphatic heterocycles. The van der Waals surface area contributed by atoms with Gasteiger partial charge in [0.05, 0.1) is 0 Å². The summed E-state index contributed by atoms with van der Waals surface area (Å²) in [6, 6.07) is 0. The Bertz CT molecular complexity index is 283. The monoisotopic (exact) mass is 274 g/mol. The summed E-state index contributed by atoms with van der Waals surface area (Å²) >= 11 is 0. The van der Waals surface area contributed by atoms with Crippen molar-refractivity contribution in [3.05, 3.63) is 12.7 Å². The van der Waals surface area contributed by atoms with Gasteiger partial charge >= 0.3 is 0 Å². The highest BCUT2D eigenvalue weighted by atomic mass is 14.4. The molecule has 0 aromatic heterocycles. The molecule has 0 amide bonds. The average Bonchev–Trinajstić information content (AvgIpc) is 3.01. The Morgan fingerprint density at radius 3 is 1.70 bits per heavy atom. The van der Waals surface area contributed by atoms with Crippen molar-refractivity contribution in [2.75, 3.05) is 0 Å². The molecule has 0 unspecified atom stereocenters. The van der Waals surface area contributed by atoms with Crippen molar-refractivity contribution in [2.24, 2.45) is 29.6 Å². The number of hydrogen-bond acceptors (Lipinski definition) is 0. The first-order chi connectivity index (χ1) is 9.85. The topological polar surface area (TPSA) is 0 Å². The highest BCUT2D eigenvalue weighted by Gasteiger charge is 2.31. The van der Waals surface area contributed by atoms with Crippen molar-refractivity contribution in [3.8, 4) is 0 Å². The molecule has 114 valence electrons. The average molecular weight is 274 g/mol. The minimum atomic E-state index is 0.838. The van der Waals surface area contributed by atoms with Gasteiger partial charge in [-0.05, 0) is 74.5 Å². The van der Waals surface area contributed by atoms with Crippen molar-refractivity contribution < 1.29 is 0 Å². The Hall–Kier alpha value is -0.260. The molecule has 0 atom stereocenters. The Labute approximate surface area is 126 Å². The van der Waals surface area contributed by atoms with Crippen LogP contribution in [0, 0.1) is 29.6 Å². The van der Waals surface area contributed by atoms with Crippen molar-refractivity contribution in [1.82, 2.24) is 0 Å². The molecule has 0 nitrogen and oxygen atoms in total. The van der Waals surface area contributed by atoms with E-state index in [1.165, 1.54) is 38.5 Å². The number of hydrogen-bond donors (Lipinski definition) is 0. The van der Waals surface area contributed by atoms with Gasteiger partial charge in [0.15, 0.2) is 0 Å². The summed E-state index contributed by atoms with van der Waals surface area (Å²) in [5, 5.41) is 0. The van der Waals surface area contributed by atoms with E-state index >= 15 is 0 Å². The molecule has 0 heterocycles. The maximum absolute atomic E-state index is 3.98. The molecule has 3 aliphatic carbocycles. The van der Waals surface area contributed by atoms with E-state index in [9.17, 15) is 0 Å². The van der Waals surface area contributed by atoms with Crippen LogP contribution in [-0.2, 0) is 0 Å². The zero-order valence-electron chi connectivity index (χ0n) is 13.4. The molecular formula is C20H34. The normalized spacial score (nSPS) is 39.8. The second-order valence-electron chi connectivity index (χ2n) is 8.08. The fourth-order valence-electron chi connectivity index (χ4n) is 5.46. The largest absolute Gasteiger partial charge is 0.103 e. The van der Waals surface area contributed by atoms with Crippen molar-refractivity contribution in [2.45, 2.75) is 83.5 Å². The predicted molar refractivity (Wildman–Crippen MR) is 87.7 cm³/mol. The molecule has 3 fully saturated rings. The second kappa shape index (κ2) is 7.14. The summed E-state index contributed by atoms with van der Waals surface area (Å²) in [6.45, 7) is 3.98. The van der Waals surface area contributed by atoms with E-state index in [0.717, 1.165) is 29.6 Å². The van der Waals surface area contributed by atoms with Gasteiger partial charge in [-0.2, -0.15) is 0 Å². The smallest absolute Gasteiger partial charge is 0.0236 e. The zero-order valence-corrected chi connectivity index (χ0v) is 13.4. The summed E-state index contributed by atoms with van der Waals surface area (Å²) < 4.78 is 0. The quantitative estimate of drug-likeness (QED) is 0.523. The highest BCUT2D eigenvalue weighted by molar-refractivity contribution is 4.87. The standard InChI is InChI=1S/C20H34/c1-2-16-7-11-19(12-8-16)20-13-9-18(10-14-20)15-17-5-3-4-6-17/h2,16-20H,1,3-15H2. The van der Waals surface area contributed by atoms with Crippen LogP contribution in [0.5, 0.6) is 0 Å². The molecule has 3 saturated carbocycles. The molecule has 0 aromatic carbocycles. The third-order valence-electron chi connectivity index (χ3n) is 6.85. The third-order valence-corrected chi connectivity index (χ3v) is 6.85. The second-order valence-corrected chi connectivity index (χ2v) is 8.08. The predicted octanol–water partition coefficient (Wildman–Crippen LogP) is 6.37. The minimum Gasteiger partial charge on any atom is -0.103 e. The molecule has 0 radical (unpaired) electrons. The minimum absolute atomic E-state index is 0.838. The van der Waals surface area contributed by atoms with Crippen molar-refractivity contribution in [3.63, 3.8) is 0 Å². The molecule has 0 bridgehead atoms. The Morgan fingerprint density at radius 2 is 1.15 bits per heavy atom. The molecule has 20 heavy (non-hydrogen) atoms. The van der Waals surface area contributed by atoms with Gasteiger partial charge in [0.1, 0.15) is 0 Å². The molecule has 0 spiro atoms. The van der Waals surface area contributed by atoms with Gasteiger partial charge in [-0.3, -0.25) is 0 Å². The van der Waals surface area contributed by atoms with Gasteiger partial charge in [0.25, 0.3) is 0 Å². The van der Waals surface area contributed by atoms with Gasteiger partial charge in [-0.15, -0.1) is 6.58 Å². The van der Waals surface area contributed by atoms with E-state index in [4.69, 9.17) is 0 Å². The molecule has 0 N–H and O–H groups in total. The van der Waals surface area contributed by atoms with Crippen LogP contribution in [0.2, 0.25) is 0 Å². The van der Waals surface area contributed by atoms with Gasteiger partial charge < -0.3 is 0 Å². The van der Waals surface area contributed by atoms with E-state index in [-0.39, 0.29) is 0 Å². The summed E-state index contributed by atoms with van der Waals surface area (Å²) in [6.07, 6.45) is 22.0. The highest BCUT2D eigenvalue weighted by Crippen LogP contribution is 2.43. The first-order valence-corrected chi connectivity index (χ1v) is 9.47. The van der Waals surface area contributed by atoms with Crippen LogP contribution in [0.25, 0.3) is 0 Å². The first kappa shape index (κ1) is 14.7. The molecule has 3 aliphatic rings. The van der Waals surface area contributed by atoms with E-state index in [1.807, 2.05) is 0 Å². The van der Waals surface area contributed by atoms with E-state index < -0.39 is 0 Å². The maximum atomic E-state index is 3.98. The Balaban J connectivity index is 1.38. The van der Waals surface area contributed by atoms with Gasteiger partial charge in [0.2, 0.25) is 0 Å². The fraction of sp³-hybridized carbons (Fsp3) is 0.900. The summed E-state index contributed by atoms with van der Waals surface area (Å²) in [7, 11) is 0. The van der Waals surface area contributed by atoms with Crippen LogP contribution in [0.15, 0.2) is 12.7 Å².